The highest BCUT2D eigenvalue weighted by molar-refractivity contribution is 5.70. The molecule has 1 fully saturated rings. The predicted molar refractivity (Wildman–Crippen MR) is 108 cm³/mol. The number of likely N-dealkylation sites (tertiary alicyclic amines) is 1. The first-order valence-electron chi connectivity index (χ1n) is 9.79. The van der Waals surface area contributed by atoms with Gasteiger partial charge in [-0.1, -0.05) is 30.3 Å². The molecule has 3 aromatic rings. The van der Waals surface area contributed by atoms with Crippen molar-refractivity contribution in [3.63, 3.8) is 0 Å². The van der Waals surface area contributed by atoms with E-state index in [1.54, 1.807) is 12.1 Å². The molecular weight excluding hydrogens is 354 g/mol. The first-order valence-corrected chi connectivity index (χ1v) is 9.79. The first kappa shape index (κ1) is 17.4. The Labute approximate surface area is 163 Å². The van der Waals surface area contributed by atoms with Gasteiger partial charge >= 0.3 is 0 Å². The highest BCUT2D eigenvalue weighted by atomic mass is 19.1. The van der Waals surface area contributed by atoms with Gasteiger partial charge in [0.15, 0.2) is 0 Å². The van der Waals surface area contributed by atoms with Crippen molar-refractivity contribution < 1.29 is 8.78 Å². The van der Waals surface area contributed by atoms with Crippen LogP contribution in [-0.2, 0) is 6.54 Å². The van der Waals surface area contributed by atoms with Crippen molar-refractivity contribution in [1.82, 2.24) is 4.90 Å². The van der Waals surface area contributed by atoms with E-state index in [1.807, 2.05) is 18.2 Å². The summed E-state index contributed by atoms with van der Waals surface area (Å²) < 4.78 is 26.9. The minimum atomic E-state index is -0.218. The van der Waals surface area contributed by atoms with E-state index in [0.717, 1.165) is 48.4 Å². The Morgan fingerprint density at radius 1 is 0.893 bits per heavy atom. The lowest BCUT2D eigenvalue weighted by Gasteiger charge is -2.35. The molecule has 1 N–H and O–H groups in total. The maximum absolute atomic E-state index is 13.7. The Kier molecular flexibility index (Phi) is 4.36. The molecule has 0 aliphatic carbocycles. The molecule has 2 atom stereocenters. The van der Waals surface area contributed by atoms with E-state index in [1.165, 1.54) is 23.8 Å². The van der Waals surface area contributed by atoms with Crippen LogP contribution in [0.3, 0.4) is 0 Å². The van der Waals surface area contributed by atoms with Crippen molar-refractivity contribution in [3.8, 4) is 11.1 Å². The van der Waals surface area contributed by atoms with E-state index in [-0.39, 0.29) is 11.6 Å². The molecule has 0 spiro atoms. The van der Waals surface area contributed by atoms with Crippen molar-refractivity contribution in [3.05, 3.63) is 89.5 Å². The molecule has 0 aromatic heterocycles. The molecule has 2 aliphatic heterocycles. The van der Waals surface area contributed by atoms with Gasteiger partial charge in [-0.3, -0.25) is 4.90 Å². The van der Waals surface area contributed by atoms with Gasteiger partial charge < -0.3 is 5.32 Å². The van der Waals surface area contributed by atoms with Crippen molar-refractivity contribution in [2.24, 2.45) is 5.92 Å². The second-order valence-electron chi connectivity index (χ2n) is 7.78. The third-order valence-electron chi connectivity index (χ3n) is 6.01. The zero-order chi connectivity index (χ0) is 19.1. The van der Waals surface area contributed by atoms with Crippen LogP contribution in [0.4, 0.5) is 14.5 Å². The number of fused-ring (bicyclic) bond motifs is 3. The Morgan fingerprint density at radius 2 is 1.71 bits per heavy atom. The van der Waals surface area contributed by atoms with Crippen LogP contribution in [0.15, 0.2) is 66.7 Å². The summed E-state index contributed by atoms with van der Waals surface area (Å²) in [4.78, 5) is 2.49. The number of rotatable bonds is 3. The van der Waals surface area contributed by atoms with E-state index < -0.39 is 0 Å². The Bertz CT molecular complexity index is 1000. The third-order valence-corrected chi connectivity index (χ3v) is 6.01. The fraction of sp³-hybridized carbons (Fsp3) is 0.250. The fourth-order valence-corrected chi connectivity index (χ4v) is 4.65. The Balaban J connectivity index is 1.49. The second-order valence-corrected chi connectivity index (χ2v) is 7.78. The smallest absolute Gasteiger partial charge is 0.123 e. The molecule has 0 radical (unpaired) electrons. The van der Waals surface area contributed by atoms with Gasteiger partial charge in [-0.2, -0.15) is 0 Å². The summed E-state index contributed by atoms with van der Waals surface area (Å²) in [5.74, 6) is 0.135. The van der Waals surface area contributed by atoms with Crippen LogP contribution in [0.5, 0.6) is 0 Å². The summed E-state index contributed by atoms with van der Waals surface area (Å²) in [5.41, 5.74) is 5.50. The van der Waals surface area contributed by atoms with Crippen LogP contribution in [0.2, 0.25) is 0 Å². The fourth-order valence-electron chi connectivity index (χ4n) is 4.65. The van der Waals surface area contributed by atoms with E-state index in [2.05, 4.69) is 28.4 Å². The largest absolute Gasteiger partial charge is 0.384 e. The standard InChI is InChI=1S/C24H22F2N2/c25-20-7-4-16(5-8-20)15-28-11-10-19-14-27-23-9-6-18(13-22(23)24(19)28)17-2-1-3-21(26)12-17/h1-9,12-13,19,24,27H,10-11,14-15H2. The SMILES string of the molecule is Fc1ccc(CN2CCC3CNc4ccc(-c5cccc(F)c5)cc4C32)cc1. The number of nitrogens with zero attached hydrogens (tertiary/aromatic N) is 1. The summed E-state index contributed by atoms with van der Waals surface area (Å²) in [6.07, 6.45) is 1.14. The number of benzene rings is 3. The van der Waals surface area contributed by atoms with Crippen molar-refractivity contribution in [2.75, 3.05) is 18.4 Å². The topological polar surface area (TPSA) is 15.3 Å². The second kappa shape index (κ2) is 7.02. The first-order chi connectivity index (χ1) is 13.7. The summed E-state index contributed by atoms with van der Waals surface area (Å²) in [5, 5.41) is 3.57. The summed E-state index contributed by atoms with van der Waals surface area (Å²) >= 11 is 0. The highest BCUT2D eigenvalue weighted by Gasteiger charge is 2.39. The normalized spacial score (nSPS) is 21.1. The zero-order valence-corrected chi connectivity index (χ0v) is 15.5. The van der Waals surface area contributed by atoms with Gasteiger partial charge in [0.25, 0.3) is 0 Å². The van der Waals surface area contributed by atoms with Gasteiger partial charge in [0, 0.05) is 24.8 Å². The Morgan fingerprint density at radius 3 is 2.54 bits per heavy atom. The third kappa shape index (κ3) is 3.18. The molecule has 2 unspecified atom stereocenters. The Hall–Kier alpha value is -2.72. The van der Waals surface area contributed by atoms with Gasteiger partial charge in [-0.25, -0.2) is 8.78 Å². The molecule has 3 aromatic carbocycles. The lowest BCUT2D eigenvalue weighted by Crippen LogP contribution is -2.32. The number of halogens is 2. The molecule has 1 saturated heterocycles. The molecule has 28 heavy (non-hydrogen) atoms. The minimum Gasteiger partial charge on any atom is -0.384 e. The number of nitrogens with one attached hydrogen (secondary N) is 1. The van der Waals surface area contributed by atoms with Crippen LogP contribution in [0.25, 0.3) is 11.1 Å². The average molecular weight is 376 g/mol. The van der Waals surface area contributed by atoms with Gasteiger partial charge in [0.05, 0.1) is 0 Å². The predicted octanol–water partition coefficient (Wildman–Crippen LogP) is 5.62. The van der Waals surface area contributed by atoms with Crippen molar-refractivity contribution >= 4 is 5.69 Å². The van der Waals surface area contributed by atoms with Crippen molar-refractivity contribution in [2.45, 2.75) is 19.0 Å². The number of hydrogen-bond acceptors (Lipinski definition) is 2. The van der Waals surface area contributed by atoms with Gasteiger partial charge in [-0.15, -0.1) is 0 Å². The minimum absolute atomic E-state index is 0.199. The molecule has 0 bridgehead atoms. The van der Waals surface area contributed by atoms with Crippen molar-refractivity contribution in [1.29, 1.82) is 0 Å². The average Bonchev–Trinajstić information content (AvgIpc) is 3.12. The molecule has 2 heterocycles. The maximum atomic E-state index is 13.7. The van der Waals surface area contributed by atoms with Crippen LogP contribution < -0.4 is 5.32 Å². The molecule has 2 aliphatic rings. The molecular formula is C24H22F2N2. The van der Waals surface area contributed by atoms with Crippen LogP contribution in [0.1, 0.15) is 23.6 Å². The number of hydrogen-bond donors (Lipinski definition) is 1. The number of anilines is 1. The van der Waals surface area contributed by atoms with Crippen LogP contribution in [0, 0.1) is 17.6 Å². The van der Waals surface area contributed by atoms with Gasteiger partial charge in [0.2, 0.25) is 0 Å². The quantitative estimate of drug-likeness (QED) is 0.638. The molecule has 5 rings (SSSR count). The monoisotopic (exact) mass is 376 g/mol. The van der Waals surface area contributed by atoms with E-state index in [4.69, 9.17) is 0 Å². The molecule has 0 saturated carbocycles. The molecule has 4 heteroatoms. The van der Waals surface area contributed by atoms with Gasteiger partial charge in [0.1, 0.15) is 11.6 Å². The summed E-state index contributed by atoms with van der Waals surface area (Å²) in [6, 6.07) is 20.3. The lowest BCUT2D eigenvalue weighted by atomic mass is 9.87. The zero-order valence-electron chi connectivity index (χ0n) is 15.5. The van der Waals surface area contributed by atoms with E-state index in [0.29, 0.717) is 12.0 Å². The molecule has 0 amide bonds. The van der Waals surface area contributed by atoms with E-state index in [9.17, 15) is 8.78 Å². The van der Waals surface area contributed by atoms with Crippen LogP contribution >= 0.6 is 0 Å². The van der Waals surface area contributed by atoms with Crippen LogP contribution in [-0.4, -0.2) is 18.0 Å². The van der Waals surface area contributed by atoms with Gasteiger partial charge in [-0.05, 0) is 77.5 Å². The maximum Gasteiger partial charge on any atom is 0.123 e. The lowest BCUT2D eigenvalue weighted by molar-refractivity contribution is 0.220. The summed E-state index contributed by atoms with van der Waals surface area (Å²) in [7, 11) is 0. The molecule has 142 valence electrons. The van der Waals surface area contributed by atoms with E-state index >= 15 is 0 Å². The highest BCUT2D eigenvalue weighted by Crippen LogP contribution is 2.45. The molecule has 2 nitrogen and oxygen atoms in total. The summed E-state index contributed by atoms with van der Waals surface area (Å²) in [6.45, 7) is 2.81.